The van der Waals surface area contributed by atoms with E-state index in [1.54, 1.807) is 6.07 Å². The van der Waals surface area contributed by atoms with Gasteiger partial charge < -0.3 is 15.3 Å². The summed E-state index contributed by atoms with van der Waals surface area (Å²) in [5.74, 6) is -0.0770. The lowest BCUT2D eigenvalue weighted by molar-refractivity contribution is -0.121. The van der Waals surface area contributed by atoms with Crippen molar-refractivity contribution in [2.24, 2.45) is 0 Å². The van der Waals surface area contributed by atoms with Crippen molar-refractivity contribution in [3.05, 3.63) is 34.9 Å². The van der Waals surface area contributed by atoms with Gasteiger partial charge in [0.2, 0.25) is 5.91 Å². The Kier molecular flexibility index (Phi) is 4.84. The third kappa shape index (κ3) is 3.87. The van der Waals surface area contributed by atoms with Gasteiger partial charge in [0.05, 0.1) is 6.42 Å². The summed E-state index contributed by atoms with van der Waals surface area (Å²) in [6.45, 7) is 0.929. The van der Waals surface area contributed by atoms with Crippen LogP contribution in [0.4, 0.5) is 4.79 Å². The fraction of sp³-hybridized carbons (Fsp3) is 0.429. The Balaban J connectivity index is 1.81. The standard InChI is InChI=1S/C14H17ClN2O3/c15-12-4-2-1-3-10(12)9-13(18)16-11-5-7-17(8-6-11)14(19)20/h1-4,11H,5-9H2,(H,16,18)(H,19,20). The predicted molar refractivity (Wildman–Crippen MR) is 75.9 cm³/mol. The van der Waals surface area contributed by atoms with E-state index in [2.05, 4.69) is 5.32 Å². The van der Waals surface area contributed by atoms with Crippen LogP contribution in [-0.4, -0.2) is 41.1 Å². The number of likely N-dealkylation sites (tertiary alicyclic amines) is 1. The number of rotatable bonds is 3. The lowest BCUT2D eigenvalue weighted by Gasteiger charge is -2.30. The van der Waals surface area contributed by atoms with E-state index in [9.17, 15) is 9.59 Å². The summed E-state index contributed by atoms with van der Waals surface area (Å²) in [6.07, 6.45) is 0.658. The molecule has 1 aromatic carbocycles. The molecule has 0 radical (unpaired) electrons. The van der Waals surface area contributed by atoms with Crippen molar-refractivity contribution >= 4 is 23.6 Å². The van der Waals surface area contributed by atoms with E-state index in [-0.39, 0.29) is 18.4 Å². The highest BCUT2D eigenvalue weighted by Gasteiger charge is 2.23. The smallest absolute Gasteiger partial charge is 0.407 e. The van der Waals surface area contributed by atoms with Gasteiger partial charge >= 0.3 is 6.09 Å². The number of halogens is 1. The van der Waals surface area contributed by atoms with E-state index in [0.717, 1.165) is 5.56 Å². The fourth-order valence-corrected chi connectivity index (χ4v) is 2.51. The van der Waals surface area contributed by atoms with Gasteiger partial charge in [-0.15, -0.1) is 0 Å². The largest absolute Gasteiger partial charge is 0.465 e. The molecule has 0 aromatic heterocycles. The molecular formula is C14H17ClN2O3. The molecule has 0 bridgehead atoms. The number of amides is 2. The first-order chi connectivity index (χ1) is 9.56. The molecule has 2 amide bonds. The SMILES string of the molecule is O=C(Cc1ccccc1Cl)NC1CCN(C(=O)O)CC1. The minimum atomic E-state index is -0.897. The molecular weight excluding hydrogens is 280 g/mol. The second-order valence-electron chi connectivity index (χ2n) is 4.88. The molecule has 5 nitrogen and oxygen atoms in total. The van der Waals surface area contributed by atoms with Gasteiger partial charge in [-0.25, -0.2) is 4.79 Å². The fourth-order valence-electron chi connectivity index (χ4n) is 2.31. The highest BCUT2D eigenvalue weighted by Crippen LogP contribution is 2.16. The number of carboxylic acid groups (broad SMARTS) is 1. The van der Waals surface area contributed by atoms with Crippen LogP contribution in [0.5, 0.6) is 0 Å². The minimum Gasteiger partial charge on any atom is -0.465 e. The zero-order valence-corrected chi connectivity index (χ0v) is 11.8. The molecule has 0 atom stereocenters. The Morgan fingerprint density at radius 3 is 2.55 bits per heavy atom. The van der Waals surface area contributed by atoms with Gasteiger partial charge in [-0.1, -0.05) is 29.8 Å². The van der Waals surface area contributed by atoms with Crippen molar-refractivity contribution in [2.45, 2.75) is 25.3 Å². The van der Waals surface area contributed by atoms with E-state index in [1.807, 2.05) is 18.2 Å². The van der Waals surface area contributed by atoms with Crippen molar-refractivity contribution in [3.8, 4) is 0 Å². The molecule has 2 N–H and O–H groups in total. The van der Waals surface area contributed by atoms with Crippen LogP contribution < -0.4 is 5.32 Å². The van der Waals surface area contributed by atoms with Crippen LogP contribution in [0, 0.1) is 0 Å². The summed E-state index contributed by atoms with van der Waals surface area (Å²) < 4.78 is 0. The highest BCUT2D eigenvalue weighted by molar-refractivity contribution is 6.31. The summed E-state index contributed by atoms with van der Waals surface area (Å²) in [5, 5.41) is 12.4. The summed E-state index contributed by atoms with van der Waals surface area (Å²) in [5.41, 5.74) is 0.801. The first kappa shape index (κ1) is 14.7. The number of piperidine rings is 1. The van der Waals surface area contributed by atoms with Gasteiger partial charge in [0.25, 0.3) is 0 Å². The molecule has 20 heavy (non-hydrogen) atoms. The van der Waals surface area contributed by atoms with Crippen LogP contribution in [0.1, 0.15) is 18.4 Å². The molecule has 1 heterocycles. The Morgan fingerprint density at radius 1 is 1.30 bits per heavy atom. The number of nitrogens with zero attached hydrogens (tertiary/aromatic N) is 1. The number of hydrogen-bond acceptors (Lipinski definition) is 2. The van der Waals surface area contributed by atoms with Crippen molar-refractivity contribution in [1.82, 2.24) is 10.2 Å². The summed E-state index contributed by atoms with van der Waals surface area (Å²) in [7, 11) is 0. The molecule has 1 fully saturated rings. The lowest BCUT2D eigenvalue weighted by Crippen LogP contribution is -2.46. The highest BCUT2D eigenvalue weighted by atomic mass is 35.5. The Labute approximate surface area is 122 Å². The van der Waals surface area contributed by atoms with Gasteiger partial charge in [-0.2, -0.15) is 0 Å². The van der Waals surface area contributed by atoms with Crippen molar-refractivity contribution in [1.29, 1.82) is 0 Å². The number of benzene rings is 1. The van der Waals surface area contributed by atoms with E-state index >= 15 is 0 Å². The summed E-state index contributed by atoms with van der Waals surface area (Å²) in [4.78, 5) is 24.1. The molecule has 6 heteroatoms. The minimum absolute atomic E-state index is 0.0422. The number of hydrogen-bond donors (Lipinski definition) is 2. The maximum atomic E-state index is 11.9. The van der Waals surface area contributed by atoms with Gasteiger partial charge in [-0.05, 0) is 24.5 Å². The van der Waals surface area contributed by atoms with Crippen molar-refractivity contribution in [3.63, 3.8) is 0 Å². The maximum Gasteiger partial charge on any atom is 0.407 e. The molecule has 0 aliphatic carbocycles. The molecule has 1 aliphatic rings. The molecule has 1 aliphatic heterocycles. The number of carbonyl (C=O) groups is 2. The molecule has 0 unspecified atom stereocenters. The maximum absolute atomic E-state index is 11.9. The Hall–Kier alpha value is -1.75. The van der Waals surface area contributed by atoms with Crippen LogP contribution in [0.2, 0.25) is 5.02 Å². The first-order valence-corrected chi connectivity index (χ1v) is 6.94. The quantitative estimate of drug-likeness (QED) is 0.898. The Bertz CT molecular complexity index is 499. The molecule has 1 saturated heterocycles. The topological polar surface area (TPSA) is 69.6 Å². The zero-order chi connectivity index (χ0) is 14.5. The van der Waals surface area contributed by atoms with Crippen LogP contribution in [0.15, 0.2) is 24.3 Å². The third-order valence-electron chi connectivity index (χ3n) is 3.44. The van der Waals surface area contributed by atoms with Crippen molar-refractivity contribution < 1.29 is 14.7 Å². The molecule has 2 rings (SSSR count). The predicted octanol–water partition coefficient (Wildman–Crippen LogP) is 2.14. The van der Waals surface area contributed by atoms with Crippen LogP contribution >= 0.6 is 11.6 Å². The van der Waals surface area contributed by atoms with Gasteiger partial charge in [0.15, 0.2) is 0 Å². The molecule has 1 aromatic rings. The van der Waals surface area contributed by atoms with Crippen molar-refractivity contribution in [2.75, 3.05) is 13.1 Å². The van der Waals surface area contributed by atoms with Gasteiger partial charge in [0, 0.05) is 24.2 Å². The van der Waals surface area contributed by atoms with Crippen LogP contribution in [0.3, 0.4) is 0 Å². The monoisotopic (exact) mass is 296 g/mol. The second kappa shape index (κ2) is 6.61. The number of carbonyl (C=O) groups excluding carboxylic acids is 1. The van der Waals surface area contributed by atoms with Crippen LogP contribution in [-0.2, 0) is 11.2 Å². The lowest BCUT2D eigenvalue weighted by atomic mass is 10.0. The second-order valence-corrected chi connectivity index (χ2v) is 5.29. The molecule has 0 spiro atoms. The normalized spacial score (nSPS) is 15.9. The van der Waals surface area contributed by atoms with E-state index in [1.165, 1.54) is 4.90 Å². The zero-order valence-electron chi connectivity index (χ0n) is 11.0. The van der Waals surface area contributed by atoms with Gasteiger partial charge in [-0.3, -0.25) is 4.79 Å². The summed E-state index contributed by atoms with van der Waals surface area (Å²) >= 11 is 6.01. The van der Waals surface area contributed by atoms with E-state index in [4.69, 9.17) is 16.7 Å². The van der Waals surface area contributed by atoms with Gasteiger partial charge in [0.1, 0.15) is 0 Å². The molecule has 108 valence electrons. The summed E-state index contributed by atoms with van der Waals surface area (Å²) in [6, 6.07) is 7.30. The first-order valence-electron chi connectivity index (χ1n) is 6.57. The van der Waals surface area contributed by atoms with E-state index in [0.29, 0.717) is 31.0 Å². The number of nitrogens with one attached hydrogen (secondary N) is 1. The average Bonchev–Trinajstić information content (AvgIpc) is 2.42. The Morgan fingerprint density at radius 2 is 1.95 bits per heavy atom. The average molecular weight is 297 g/mol. The third-order valence-corrected chi connectivity index (χ3v) is 3.81. The van der Waals surface area contributed by atoms with Crippen LogP contribution in [0.25, 0.3) is 0 Å². The molecule has 0 saturated carbocycles. The van der Waals surface area contributed by atoms with E-state index < -0.39 is 6.09 Å².